The number of carbonyl (C=O) groups is 2. The van der Waals surface area contributed by atoms with E-state index in [2.05, 4.69) is 5.32 Å². The van der Waals surface area contributed by atoms with E-state index in [1.807, 2.05) is 30.3 Å². The van der Waals surface area contributed by atoms with Crippen molar-refractivity contribution in [1.29, 1.82) is 0 Å². The Morgan fingerprint density at radius 2 is 2.18 bits per heavy atom. The predicted octanol–water partition coefficient (Wildman–Crippen LogP) is 1.39. The van der Waals surface area contributed by atoms with Gasteiger partial charge in [0.2, 0.25) is 11.8 Å². The van der Waals surface area contributed by atoms with Gasteiger partial charge in [0.15, 0.2) is 0 Å². The van der Waals surface area contributed by atoms with Crippen LogP contribution in [0.2, 0.25) is 0 Å². The van der Waals surface area contributed by atoms with E-state index in [0.29, 0.717) is 38.4 Å². The molecule has 0 saturated carbocycles. The maximum Gasteiger partial charge on any atom is 0.230 e. The van der Waals surface area contributed by atoms with Crippen LogP contribution in [0.25, 0.3) is 0 Å². The van der Waals surface area contributed by atoms with Crippen molar-refractivity contribution in [3.05, 3.63) is 30.3 Å². The largest absolute Gasteiger partial charge is 0.383 e. The Hall–Kier alpha value is -1.53. The summed E-state index contributed by atoms with van der Waals surface area (Å²) in [5.41, 5.74) is 0. The number of likely N-dealkylation sites (tertiary alicyclic amines) is 1. The number of hydrogen-bond acceptors (Lipinski definition) is 4. The quantitative estimate of drug-likeness (QED) is 0.735. The number of hydrogen-bond donors (Lipinski definition) is 1. The van der Waals surface area contributed by atoms with Gasteiger partial charge in [0, 0.05) is 44.0 Å². The van der Waals surface area contributed by atoms with E-state index in [4.69, 9.17) is 4.74 Å². The van der Waals surface area contributed by atoms with Gasteiger partial charge in [-0.05, 0) is 12.1 Å². The van der Waals surface area contributed by atoms with Crippen LogP contribution in [0.3, 0.4) is 0 Å². The molecule has 2 rings (SSSR count). The number of nitrogens with one attached hydrogen (secondary N) is 1. The zero-order valence-electron chi connectivity index (χ0n) is 12.8. The molecule has 1 fully saturated rings. The first kappa shape index (κ1) is 16.8. The highest BCUT2D eigenvalue weighted by Crippen LogP contribution is 2.18. The molecule has 5 nitrogen and oxygen atoms in total. The number of ether oxygens (including phenoxy) is 1. The number of methoxy groups -OCH3 is 1. The molecule has 1 aromatic rings. The third kappa shape index (κ3) is 5.35. The van der Waals surface area contributed by atoms with Gasteiger partial charge in [0.1, 0.15) is 0 Å². The average molecular weight is 322 g/mol. The van der Waals surface area contributed by atoms with Gasteiger partial charge in [0.05, 0.1) is 12.4 Å². The Kier molecular flexibility index (Phi) is 6.74. The highest BCUT2D eigenvalue weighted by Gasteiger charge is 2.29. The van der Waals surface area contributed by atoms with E-state index >= 15 is 0 Å². The van der Waals surface area contributed by atoms with E-state index in [9.17, 15) is 9.59 Å². The minimum Gasteiger partial charge on any atom is -0.383 e. The molecule has 1 saturated heterocycles. The highest BCUT2D eigenvalue weighted by molar-refractivity contribution is 8.00. The van der Waals surface area contributed by atoms with E-state index in [1.54, 1.807) is 12.0 Å². The van der Waals surface area contributed by atoms with Crippen molar-refractivity contribution >= 4 is 23.6 Å². The summed E-state index contributed by atoms with van der Waals surface area (Å²) >= 11 is 1.52. The number of thioether (sulfide) groups is 1. The summed E-state index contributed by atoms with van der Waals surface area (Å²) in [4.78, 5) is 26.5. The van der Waals surface area contributed by atoms with Gasteiger partial charge in [-0.3, -0.25) is 9.59 Å². The maximum absolute atomic E-state index is 11.9. The maximum atomic E-state index is 11.9. The molecule has 1 aliphatic rings. The normalized spacial score (nSPS) is 17.8. The van der Waals surface area contributed by atoms with Crippen molar-refractivity contribution < 1.29 is 14.3 Å². The summed E-state index contributed by atoms with van der Waals surface area (Å²) in [5, 5.41) is 2.92. The fourth-order valence-electron chi connectivity index (χ4n) is 2.38. The summed E-state index contributed by atoms with van der Waals surface area (Å²) in [6.45, 7) is 2.44. The number of carbonyl (C=O) groups excluding carboxylic acids is 2. The topological polar surface area (TPSA) is 58.6 Å². The van der Waals surface area contributed by atoms with Crippen LogP contribution in [0.1, 0.15) is 6.42 Å². The lowest BCUT2D eigenvalue weighted by atomic mass is 10.1. The molecule has 0 radical (unpaired) electrons. The SMILES string of the molecule is COCCN1C[C@@H](CNC(=O)CSc2ccccc2)CC1=O. The fraction of sp³-hybridized carbons (Fsp3) is 0.500. The number of benzene rings is 1. The Labute approximate surface area is 135 Å². The van der Waals surface area contributed by atoms with E-state index in [1.165, 1.54) is 11.8 Å². The summed E-state index contributed by atoms with van der Waals surface area (Å²) in [6, 6.07) is 9.84. The zero-order valence-corrected chi connectivity index (χ0v) is 13.6. The molecule has 22 heavy (non-hydrogen) atoms. The first-order valence-corrected chi connectivity index (χ1v) is 8.39. The second-order valence-electron chi connectivity index (χ2n) is 5.31. The van der Waals surface area contributed by atoms with Crippen LogP contribution in [-0.2, 0) is 14.3 Å². The van der Waals surface area contributed by atoms with Crippen LogP contribution in [0, 0.1) is 5.92 Å². The molecule has 0 aromatic heterocycles. The minimum atomic E-state index is 0.0108. The molecule has 1 N–H and O–H groups in total. The first-order chi connectivity index (χ1) is 10.7. The van der Waals surface area contributed by atoms with Gasteiger partial charge in [-0.15, -0.1) is 11.8 Å². The van der Waals surface area contributed by atoms with Crippen molar-refractivity contribution in [3.63, 3.8) is 0 Å². The molecule has 1 heterocycles. The van der Waals surface area contributed by atoms with Gasteiger partial charge < -0.3 is 15.0 Å². The number of rotatable bonds is 8. The highest BCUT2D eigenvalue weighted by atomic mass is 32.2. The molecule has 0 bridgehead atoms. The van der Waals surface area contributed by atoms with Crippen LogP contribution in [0.15, 0.2) is 35.2 Å². The molecular formula is C16H22N2O3S. The Balaban J connectivity index is 1.65. The van der Waals surface area contributed by atoms with Gasteiger partial charge >= 0.3 is 0 Å². The molecule has 120 valence electrons. The standard InChI is InChI=1S/C16H22N2O3S/c1-21-8-7-18-11-13(9-16(18)20)10-17-15(19)12-22-14-5-3-2-4-6-14/h2-6,13H,7-12H2,1H3,(H,17,19)/t13-/m1/s1. The van der Waals surface area contributed by atoms with Crippen LogP contribution < -0.4 is 5.32 Å². The number of nitrogens with zero attached hydrogens (tertiary/aromatic N) is 1. The van der Waals surface area contributed by atoms with Gasteiger partial charge in [-0.25, -0.2) is 0 Å². The average Bonchev–Trinajstić information content (AvgIpc) is 2.90. The Morgan fingerprint density at radius 3 is 2.91 bits per heavy atom. The zero-order chi connectivity index (χ0) is 15.8. The van der Waals surface area contributed by atoms with Crippen LogP contribution in [0.5, 0.6) is 0 Å². The molecule has 0 aliphatic carbocycles. The van der Waals surface area contributed by atoms with Crippen molar-refractivity contribution in [1.82, 2.24) is 10.2 Å². The van der Waals surface area contributed by atoms with Crippen molar-refractivity contribution in [2.45, 2.75) is 11.3 Å². The molecule has 1 aliphatic heterocycles. The smallest absolute Gasteiger partial charge is 0.230 e. The fourth-order valence-corrected chi connectivity index (χ4v) is 3.13. The lowest BCUT2D eigenvalue weighted by Gasteiger charge is -2.16. The Bertz CT molecular complexity index is 495. The minimum absolute atomic E-state index is 0.0108. The van der Waals surface area contributed by atoms with Crippen LogP contribution >= 0.6 is 11.8 Å². The van der Waals surface area contributed by atoms with Crippen LogP contribution in [0.4, 0.5) is 0 Å². The summed E-state index contributed by atoms with van der Waals surface area (Å²) in [5.74, 6) is 0.763. The van der Waals surface area contributed by atoms with Gasteiger partial charge in [-0.1, -0.05) is 18.2 Å². The third-order valence-electron chi connectivity index (χ3n) is 3.56. The summed E-state index contributed by atoms with van der Waals surface area (Å²) < 4.78 is 4.99. The molecule has 1 aromatic carbocycles. The second-order valence-corrected chi connectivity index (χ2v) is 6.36. The molecule has 2 amide bonds. The van der Waals surface area contributed by atoms with Crippen molar-refractivity contribution in [2.24, 2.45) is 5.92 Å². The van der Waals surface area contributed by atoms with Gasteiger partial charge in [-0.2, -0.15) is 0 Å². The lowest BCUT2D eigenvalue weighted by Crippen LogP contribution is -2.33. The first-order valence-electron chi connectivity index (χ1n) is 7.40. The van der Waals surface area contributed by atoms with E-state index < -0.39 is 0 Å². The lowest BCUT2D eigenvalue weighted by molar-refractivity contribution is -0.128. The molecule has 6 heteroatoms. The molecule has 0 unspecified atom stereocenters. The number of amides is 2. The monoisotopic (exact) mass is 322 g/mol. The molecule has 1 atom stereocenters. The van der Waals surface area contributed by atoms with E-state index in [-0.39, 0.29) is 17.7 Å². The third-order valence-corrected chi connectivity index (χ3v) is 4.57. The summed E-state index contributed by atoms with van der Waals surface area (Å²) in [7, 11) is 1.63. The molecule has 0 spiro atoms. The Morgan fingerprint density at radius 1 is 1.41 bits per heavy atom. The van der Waals surface area contributed by atoms with Crippen LogP contribution in [-0.4, -0.2) is 55.8 Å². The predicted molar refractivity (Wildman–Crippen MR) is 86.7 cm³/mol. The molecular weight excluding hydrogens is 300 g/mol. The van der Waals surface area contributed by atoms with E-state index in [0.717, 1.165) is 4.90 Å². The van der Waals surface area contributed by atoms with Gasteiger partial charge in [0.25, 0.3) is 0 Å². The van der Waals surface area contributed by atoms with Crippen molar-refractivity contribution in [2.75, 3.05) is 39.1 Å². The summed E-state index contributed by atoms with van der Waals surface area (Å²) in [6.07, 6.45) is 0.510. The second kappa shape index (κ2) is 8.80. The van der Waals surface area contributed by atoms with Crippen molar-refractivity contribution in [3.8, 4) is 0 Å².